The van der Waals surface area contributed by atoms with Gasteiger partial charge >= 0.3 is 0 Å². The van der Waals surface area contributed by atoms with Gasteiger partial charge in [-0.1, -0.05) is 0 Å². The number of benzene rings is 1. The zero-order valence-corrected chi connectivity index (χ0v) is 18.9. The van der Waals surface area contributed by atoms with Crippen molar-refractivity contribution in [1.82, 2.24) is 29.5 Å². The van der Waals surface area contributed by atoms with Gasteiger partial charge in [-0.05, 0) is 38.2 Å². The van der Waals surface area contributed by atoms with E-state index >= 15 is 0 Å². The lowest BCUT2D eigenvalue weighted by molar-refractivity contribution is 0.0664. The number of ether oxygens (including phenoxy) is 1. The van der Waals surface area contributed by atoms with E-state index in [1.54, 1.807) is 49.4 Å². The number of amides is 1. The zero-order chi connectivity index (χ0) is 23.4. The van der Waals surface area contributed by atoms with Crippen LogP contribution in [0.3, 0.4) is 0 Å². The highest BCUT2D eigenvalue weighted by atomic mass is 16.5. The summed E-state index contributed by atoms with van der Waals surface area (Å²) in [6.07, 6.45) is 4.98. The molecular weight excluding hydrogens is 420 g/mol. The van der Waals surface area contributed by atoms with Gasteiger partial charge in [-0.3, -0.25) is 9.48 Å². The molecule has 1 amide bonds. The van der Waals surface area contributed by atoms with Crippen LogP contribution in [0.5, 0.6) is 5.75 Å². The molecular formula is C23H26N8O2. The summed E-state index contributed by atoms with van der Waals surface area (Å²) in [6, 6.07) is 9.04. The summed E-state index contributed by atoms with van der Waals surface area (Å²) < 4.78 is 6.98. The maximum absolute atomic E-state index is 12.7. The molecule has 10 heteroatoms. The molecule has 1 saturated heterocycles. The number of aromatic nitrogens is 4. The Morgan fingerprint density at radius 1 is 1.18 bits per heavy atom. The number of carbonyl (C=O) groups excluding carboxylic acids is 1. The third-order valence-corrected chi connectivity index (χ3v) is 5.61. The second-order valence-corrected chi connectivity index (χ2v) is 7.92. The quantitative estimate of drug-likeness (QED) is 0.615. The van der Waals surface area contributed by atoms with Crippen LogP contribution in [0.4, 0.5) is 11.6 Å². The molecule has 1 aliphatic heterocycles. The smallest absolute Gasteiger partial charge is 0.253 e. The number of nitrogens with one attached hydrogen (secondary N) is 1. The predicted molar refractivity (Wildman–Crippen MR) is 123 cm³/mol. The average molecular weight is 447 g/mol. The molecule has 4 rings (SSSR count). The number of carbonyl (C=O) groups is 1. The Morgan fingerprint density at radius 2 is 1.91 bits per heavy atom. The molecule has 0 bridgehead atoms. The van der Waals surface area contributed by atoms with Gasteiger partial charge in [-0.25, -0.2) is 9.97 Å². The van der Waals surface area contributed by atoms with Gasteiger partial charge in [-0.15, -0.1) is 0 Å². The van der Waals surface area contributed by atoms with Crippen LogP contribution in [0.15, 0.2) is 42.9 Å². The molecule has 2 aromatic heterocycles. The van der Waals surface area contributed by atoms with Crippen molar-refractivity contribution in [2.75, 3.05) is 45.7 Å². The lowest BCUT2D eigenvalue weighted by atomic mass is 10.1. The fraction of sp³-hybridized carbons (Fsp3) is 0.348. The molecule has 0 spiro atoms. The third kappa shape index (κ3) is 4.94. The van der Waals surface area contributed by atoms with Gasteiger partial charge in [-0.2, -0.15) is 10.4 Å². The summed E-state index contributed by atoms with van der Waals surface area (Å²) in [6.45, 7) is 5.01. The largest absolute Gasteiger partial charge is 0.493 e. The molecule has 1 unspecified atom stereocenters. The van der Waals surface area contributed by atoms with E-state index in [1.807, 2.05) is 17.0 Å². The zero-order valence-electron chi connectivity index (χ0n) is 18.9. The lowest BCUT2D eigenvalue weighted by Gasteiger charge is -2.32. The van der Waals surface area contributed by atoms with Gasteiger partial charge in [0.15, 0.2) is 5.75 Å². The number of piperazine rings is 1. The summed E-state index contributed by atoms with van der Waals surface area (Å²) >= 11 is 0. The number of likely N-dealkylation sites (N-methyl/N-ethyl adjacent to an activating group) is 1. The van der Waals surface area contributed by atoms with Gasteiger partial charge in [0, 0.05) is 49.2 Å². The number of nitriles is 1. The topological polar surface area (TPSA) is 112 Å². The van der Waals surface area contributed by atoms with Crippen LogP contribution in [0.1, 0.15) is 23.3 Å². The number of hydrogen-bond acceptors (Lipinski definition) is 8. The SMILES string of the molecule is COc1cnc(Nc2ccc(C(=O)N3CCN(C)CC3)cc2)nc1-c1cnn(C(C)C#N)c1. The van der Waals surface area contributed by atoms with E-state index in [-0.39, 0.29) is 5.91 Å². The number of rotatable bonds is 6. The minimum atomic E-state index is -0.392. The molecule has 1 N–H and O–H groups in total. The minimum absolute atomic E-state index is 0.0428. The van der Waals surface area contributed by atoms with Crippen molar-refractivity contribution < 1.29 is 9.53 Å². The lowest BCUT2D eigenvalue weighted by Crippen LogP contribution is -2.47. The first-order chi connectivity index (χ1) is 16.0. The number of nitrogens with zero attached hydrogens (tertiary/aromatic N) is 7. The molecule has 1 aromatic carbocycles. The van der Waals surface area contributed by atoms with E-state index in [0.29, 0.717) is 28.5 Å². The monoisotopic (exact) mass is 446 g/mol. The van der Waals surface area contributed by atoms with Gasteiger partial charge in [0.2, 0.25) is 5.95 Å². The molecule has 3 aromatic rings. The van der Waals surface area contributed by atoms with E-state index in [1.165, 1.54) is 0 Å². The Hall–Kier alpha value is -3.97. The van der Waals surface area contributed by atoms with Gasteiger partial charge in [0.25, 0.3) is 5.91 Å². The Bertz CT molecular complexity index is 1160. The molecule has 33 heavy (non-hydrogen) atoms. The van der Waals surface area contributed by atoms with Crippen LogP contribution in [-0.2, 0) is 0 Å². The predicted octanol–water partition coefficient (Wildman–Crippen LogP) is 2.56. The summed E-state index contributed by atoms with van der Waals surface area (Å²) in [4.78, 5) is 25.7. The van der Waals surface area contributed by atoms with Gasteiger partial charge < -0.3 is 19.9 Å². The summed E-state index contributed by atoms with van der Waals surface area (Å²) in [7, 11) is 3.61. The fourth-order valence-electron chi connectivity index (χ4n) is 3.54. The van der Waals surface area contributed by atoms with Crippen LogP contribution < -0.4 is 10.1 Å². The molecule has 0 radical (unpaired) electrons. The van der Waals surface area contributed by atoms with Crippen molar-refractivity contribution in [2.24, 2.45) is 0 Å². The normalized spacial score (nSPS) is 15.0. The first-order valence-electron chi connectivity index (χ1n) is 10.7. The van der Waals surface area contributed by atoms with E-state index in [0.717, 1.165) is 31.9 Å². The Kier molecular flexibility index (Phi) is 6.51. The van der Waals surface area contributed by atoms with Crippen LogP contribution in [-0.4, -0.2) is 75.8 Å². The first-order valence-corrected chi connectivity index (χ1v) is 10.7. The van der Waals surface area contributed by atoms with Crippen molar-refractivity contribution in [3.8, 4) is 23.1 Å². The number of methoxy groups -OCH3 is 1. The highest BCUT2D eigenvalue weighted by Crippen LogP contribution is 2.29. The molecule has 1 aliphatic rings. The molecule has 0 aliphatic carbocycles. The number of anilines is 2. The van der Waals surface area contributed by atoms with Crippen LogP contribution >= 0.6 is 0 Å². The summed E-state index contributed by atoms with van der Waals surface area (Å²) in [5, 5.41) is 16.5. The summed E-state index contributed by atoms with van der Waals surface area (Å²) in [5.41, 5.74) is 2.69. The Morgan fingerprint density at radius 3 is 2.58 bits per heavy atom. The third-order valence-electron chi connectivity index (χ3n) is 5.61. The highest BCUT2D eigenvalue weighted by Gasteiger charge is 2.20. The number of hydrogen-bond donors (Lipinski definition) is 1. The highest BCUT2D eigenvalue weighted by molar-refractivity contribution is 5.94. The second kappa shape index (κ2) is 9.67. The molecule has 10 nitrogen and oxygen atoms in total. The van der Waals surface area contributed by atoms with Crippen molar-refractivity contribution in [1.29, 1.82) is 5.26 Å². The summed E-state index contributed by atoms with van der Waals surface area (Å²) in [5.74, 6) is 0.920. The van der Waals surface area contributed by atoms with Crippen molar-refractivity contribution in [3.05, 3.63) is 48.4 Å². The van der Waals surface area contributed by atoms with Crippen molar-refractivity contribution in [3.63, 3.8) is 0 Å². The van der Waals surface area contributed by atoms with Gasteiger partial charge in [0.05, 0.1) is 25.6 Å². The van der Waals surface area contributed by atoms with Crippen molar-refractivity contribution >= 4 is 17.5 Å². The molecule has 0 saturated carbocycles. The van der Waals surface area contributed by atoms with Crippen LogP contribution in [0.25, 0.3) is 11.3 Å². The maximum Gasteiger partial charge on any atom is 0.253 e. The molecule has 1 atom stereocenters. The minimum Gasteiger partial charge on any atom is -0.493 e. The van der Waals surface area contributed by atoms with E-state index in [2.05, 4.69) is 38.4 Å². The van der Waals surface area contributed by atoms with E-state index in [9.17, 15) is 4.79 Å². The van der Waals surface area contributed by atoms with E-state index < -0.39 is 6.04 Å². The van der Waals surface area contributed by atoms with Crippen LogP contribution in [0, 0.1) is 11.3 Å². The fourth-order valence-corrected chi connectivity index (χ4v) is 3.54. The van der Waals surface area contributed by atoms with Crippen molar-refractivity contribution in [2.45, 2.75) is 13.0 Å². The second-order valence-electron chi connectivity index (χ2n) is 7.92. The molecule has 1 fully saturated rings. The standard InChI is InChI=1S/C23H26N8O2/c1-16(12-24)31-15-18(13-26-31)21-20(33-3)14-25-23(28-21)27-19-6-4-17(5-7-19)22(32)30-10-8-29(2)9-11-30/h4-7,13-16H,8-11H2,1-3H3,(H,25,27,28). The average Bonchev–Trinajstić information content (AvgIpc) is 3.34. The van der Waals surface area contributed by atoms with Crippen LogP contribution in [0.2, 0.25) is 0 Å². The molecule has 3 heterocycles. The Balaban J connectivity index is 1.50. The first kappa shape index (κ1) is 22.2. The molecule has 170 valence electrons. The van der Waals surface area contributed by atoms with E-state index in [4.69, 9.17) is 10.00 Å². The maximum atomic E-state index is 12.7. The van der Waals surface area contributed by atoms with Gasteiger partial charge in [0.1, 0.15) is 11.7 Å². The Labute approximate surface area is 192 Å².